The highest BCUT2D eigenvalue weighted by atomic mass is 32.2. The number of likely N-dealkylation sites (N-methyl/N-ethyl adjacent to an activating group) is 1. The van der Waals surface area contributed by atoms with Crippen molar-refractivity contribution < 1.29 is 43.6 Å². The van der Waals surface area contributed by atoms with Crippen molar-refractivity contribution in [2.24, 2.45) is 0 Å². The second kappa shape index (κ2) is 18.9. The quantitative estimate of drug-likeness (QED) is 0.124. The van der Waals surface area contributed by atoms with Gasteiger partial charge in [-0.15, -0.1) is 0 Å². The zero-order valence-corrected chi connectivity index (χ0v) is 29.3. The molecule has 0 saturated carbocycles. The van der Waals surface area contributed by atoms with Gasteiger partial charge >= 0.3 is 11.9 Å². The molecule has 0 amide bonds. The van der Waals surface area contributed by atoms with E-state index >= 15 is 0 Å². The number of hydrogen-bond donors (Lipinski definition) is 2. The molecule has 13 heteroatoms. The van der Waals surface area contributed by atoms with Crippen molar-refractivity contribution in [1.29, 1.82) is 0 Å². The minimum atomic E-state index is -0.673. The second-order valence-electron chi connectivity index (χ2n) is 11.8. The molecule has 3 rings (SSSR count). The van der Waals surface area contributed by atoms with E-state index in [9.17, 15) is 19.2 Å². The summed E-state index contributed by atoms with van der Waals surface area (Å²) in [5.41, 5.74) is 1.00. The molecular weight excluding hydrogens is 626 g/mol. The third-order valence-electron chi connectivity index (χ3n) is 8.33. The standard InChI is InChI=1S/C17H26N2O4.C17H23NO5S/c1-6-17(2,18(3)4)16(22)13-7-9-14(10-8-13)19(5)12-23-15(21)11-20;1-17(2,18-7-9-22-10-8-18)16(21)13-3-5-14(6-4-13)24-12-23-15(20)11-19/h7-10,20H,6,11-12H2,1-5H3;3-6,19H,7-12H2,1-2H3. The van der Waals surface area contributed by atoms with Gasteiger partial charge in [0.25, 0.3) is 0 Å². The van der Waals surface area contributed by atoms with Crippen LogP contribution in [0, 0.1) is 0 Å². The van der Waals surface area contributed by atoms with Crippen LogP contribution in [-0.4, -0.2) is 128 Å². The van der Waals surface area contributed by atoms with Crippen molar-refractivity contribution >= 4 is 41.0 Å². The highest BCUT2D eigenvalue weighted by Gasteiger charge is 2.36. The number of esters is 2. The largest absolute Gasteiger partial charge is 0.453 e. The fourth-order valence-corrected chi connectivity index (χ4v) is 5.33. The summed E-state index contributed by atoms with van der Waals surface area (Å²) in [7, 11) is 5.57. The summed E-state index contributed by atoms with van der Waals surface area (Å²) in [6.07, 6.45) is 0.720. The van der Waals surface area contributed by atoms with Crippen molar-refractivity contribution in [2.45, 2.75) is 50.1 Å². The van der Waals surface area contributed by atoms with Gasteiger partial charge in [-0.3, -0.25) is 19.4 Å². The van der Waals surface area contributed by atoms with Crippen LogP contribution in [0.15, 0.2) is 53.4 Å². The summed E-state index contributed by atoms with van der Waals surface area (Å²) in [4.78, 5) is 54.1. The Balaban J connectivity index is 0.000000327. The lowest BCUT2D eigenvalue weighted by Gasteiger charge is -2.39. The second-order valence-corrected chi connectivity index (χ2v) is 12.8. The number of aliphatic hydroxyl groups is 2. The first kappa shape index (κ1) is 39.8. The molecule has 0 aliphatic carbocycles. The maximum Gasteiger partial charge on any atom is 0.333 e. The van der Waals surface area contributed by atoms with E-state index in [1.54, 1.807) is 36.2 Å². The number of carbonyl (C=O) groups excluding carboxylic acids is 4. The summed E-state index contributed by atoms with van der Waals surface area (Å²) in [5.74, 6) is -1.04. The molecule has 1 aliphatic heterocycles. The molecular formula is C34H49N3O9S. The van der Waals surface area contributed by atoms with Crippen molar-refractivity contribution in [2.75, 3.05) is 78.2 Å². The molecule has 2 aromatic rings. The summed E-state index contributed by atoms with van der Waals surface area (Å²) < 4.78 is 15.0. The van der Waals surface area contributed by atoms with Crippen LogP contribution >= 0.6 is 11.8 Å². The lowest BCUT2D eigenvalue weighted by molar-refractivity contribution is -0.147. The van der Waals surface area contributed by atoms with Crippen LogP contribution < -0.4 is 4.90 Å². The predicted molar refractivity (Wildman–Crippen MR) is 181 cm³/mol. The molecule has 1 aliphatic rings. The average molecular weight is 676 g/mol. The van der Waals surface area contributed by atoms with Crippen molar-refractivity contribution in [3.05, 3.63) is 59.7 Å². The first-order valence-corrected chi connectivity index (χ1v) is 16.4. The molecule has 2 aromatic carbocycles. The number of carbonyl (C=O) groups is 4. The van der Waals surface area contributed by atoms with E-state index in [1.165, 1.54) is 11.8 Å². The van der Waals surface area contributed by atoms with E-state index in [0.29, 0.717) is 24.3 Å². The zero-order valence-electron chi connectivity index (χ0n) is 28.5. The summed E-state index contributed by atoms with van der Waals surface area (Å²) in [6, 6.07) is 14.4. The molecule has 1 fully saturated rings. The van der Waals surface area contributed by atoms with Gasteiger partial charge < -0.3 is 29.3 Å². The number of rotatable bonds is 15. The summed E-state index contributed by atoms with van der Waals surface area (Å²) in [6.45, 7) is 9.40. The third-order valence-corrected chi connectivity index (χ3v) is 9.17. The van der Waals surface area contributed by atoms with Gasteiger partial charge in [0.1, 0.15) is 19.2 Å². The average Bonchev–Trinajstić information content (AvgIpc) is 3.10. The van der Waals surface area contributed by atoms with Gasteiger partial charge in [0.2, 0.25) is 0 Å². The van der Waals surface area contributed by atoms with Gasteiger partial charge in [-0.2, -0.15) is 0 Å². The summed E-state index contributed by atoms with van der Waals surface area (Å²) in [5, 5.41) is 17.2. The first-order chi connectivity index (χ1) is 22.2. The Morgan fingerprint density at radius 3 is 1.85 bits per heavy atom. The molecule has 1 saturated heterocycles. The number of anilines is 1. The van der Waals surface area contributed by atoms with Crippen LogP contribution in [0.5, 0.6) is 0 Å². The van der Waals surface area contributed by atoms with Crippen molar-refractivity contribution in [3.8, 4) is 0 Å². The molecule has 260 valence electrons. The molecule has 0 spiro atoms. The number of benzene rings is 2. The van der Waals surface area contributed by atoms with Crippen molar-refractivity contribution in [1.82, 2.24) is 9.80 Å². The number of hydrogen-bond acceptors (Lipinski definition) is 13. The maximum absolute atomic E-state index is 12.8. The third kappa shape index (κ3) is 11.4. The van der Waals surface area contributed by atoms with Gasteiger partial charge in [0, 0.05) is 41.8 Å². The van der Waals surface area contributed by atoms with Gasteiger partial charge in [0.05, 0.1) is 24.3 Å². The number of aliphatic hydroxyl groups excluding tert-OH is 2. The fraction of sp³-hybridized carbons (Fsp3) is 0.529. The van der Waals surface area contributed by atoms with Crippen LogP contribution in [0.4, 0.5) is 5.69 Å². The minimum absolute atomic E-state index is 0.0387. The minimum Gasteiger partial charge on any atom is -0.453 e. The first-order valence-electron chi connectivity index (χ1n) is 15.4. The normalized spacial score (nSPS) is 14.8. The predicted octanol–water partition coefficient (Wildman–Crippen LogP) is 3.09. The topological polar surface area (TPSA) is 146 Å². The van der Waals surface area contributed by atoms with E-state index in [2.05, 4.69) is 4.90 Å². The van der Waals surface area contributed by atoms with Gasteiger partial charge in [-0.05, 0) is 77.7 Å². The number of ether oxygens (including phenoxy) is 3. The van der Waals surface area contributed by atoms with E-state index < -0.39 is 36.2 Å². The summed E-state index contributed by atoms with van der Waals surface area (Å²) >= 11 is 1.33. The van der Waals surface area contributed by atoms with Crippen LogP contribution in [0.3, 0.4) is 0 Å². The Hall–Kier alpha value is -3.33. The highest BCUT2D eigenvalue weighted by molar-refractivity contribution is 7.99. The molecule has 0 radical (unpaired) electrons. The van der Waals surface area contributed by atoms with E-state index in [0.717, 1.165) is 30.1 Å². The smallest absolute Gasteiger partial charge is 0.333 e. The Morgan fingerprint density at radius 1 is 0.830 bits per heavy atom. The van der Waals surface area contributed by atoms with Gasteiger partial charge in [0.15, 0.2) is 18.3 Å². The Labute approximate surface area is 281 Å². The number of ketones is 2. The van der Waals surface area contributed by atoms with Crippen LogP contribution in [0.1, 0.15) is 54.8 Å². The molecule has 1 atom stereocenters. The molecule has 12 nitrogen and oxygen atoms in total. The molecule has 0 aromatic heterocycles. The zero-order chi connectivity index (χ0) is 35.2. The van der Waals surface area contributed by atoms with Gasteiger partial charge in [-0.1, -0.05) is 30.8 Å². The van der Waals surface area contributed by atoms with Crippen LogP contribution in [-0.2, 0) is 23.8 Å². The van der Waals surface area contributed by atoms with E-state index in [-0.39, 0.29) is 24.2 Å². The lowest BCUT2D eigenvalue weighted by atomic mass is 9.87. The SMILES string of the molecule is CC(C)(C(=O)c1ccc(SCOC(=O)CO)cc1)N1CCOCC1.CCC(C)(C(=O)c1ccc(N(C)COC(=O)CO)cc1)N(C)C. The van der Waals surface area contributed by atoms with Crippen LogP contribution in [0.2, 0.25) is 0 Å². The molecule has 0 bridgehead atoms. The van der Waals surface area contributed by atoms with Gasteiger partial charge in [-0.25, -0.2) is 9.59 Å². The Kier molecular flexibility index (Phi) is 16.0. The van der Waals surface area contributed by atoms with Crippen molar-refractivity contribution in [3.63, 3.8) is 0 Å². The highest BCUT2D eigenvalue weighted by Crippen LogP contribution is 2.25. The molecule has 47 heavy (non-hydrogen) atoms. The Morgan fingerprint density at radius 2 is 1.34 bits per heavy atom. The molecule has 1 unspecified atom stereocenters. The number of morpholine rings is 1. The van der Waals surface area contributed by atoms with E-state index in [4.69, 9.17) is 24.4 Å². The molecule has 1 heterocycles. The van der Waals surface area contributed by atoms with Crippen LogP contribution in [0.25, 0.3) is 0 Å². The monoisotopic (exact) mass is 675 g/mol. The Bertz CT molecular complexity index is 1310. The molecule has 2 N–H and O–H groups in total. The number of thioether (sulfide) groups is 1. The van der Waals surface area contributed by atoms with E-state index in [1.807, 2.05) is 71.0 Å². The lowest BCUT2D eigenvalue weighted by Crippen LogP contribution is -2.54. The number of nitrogens with zero attached hydrogens (tertiary/aromatic N) is 3. The number of Topliss-reactive ketones (excluding diaryl/α,β-unsaturated/α-hetero) is 2. The maximum atomic E-state index is 12.8. The fourth-order valence-electron chi connectivity index (χ4n) is 4.68.